The third-order valence-electron chi connectivity index (χ3n) is 2.37. The molecule has 0 saturated heterocycles. The van der Waals surface area contributed by atoms with Crippen molar-refractivity contribution in [2.75, 3.05) is 31.3 Å². The first-order chi connectivity index (χ1) is 8.85. The molecule has 1 amide bonds. The van der Waals surface area contributed by atoms with Crippen molar-refractivity contribution in [3.05, 3.63) is 17.9 Å². The minimum atomic E-state index is -3.14. The summed E-state index contributed by atoms with van der Waals surface area (Å²) >= 11 is 0. The number of ether oxygens (including phenoxy) is 1. The standard InChI is InChI=1S/C11H14F3N3O2/c1-16-10(18)5-17(2)8-4-9(19-11(13)14)6(12)3-7(8)15/h3-4,11H,5,15H2,1-2H3,(H,16,18). The van der Waals surface area contributed by atoms with Crippen molar-refractivity contribution in [1.82, 2.24) is 5.32 Å². The van der Waals surface area contributed by atoms with Crippen LogP contribution >= 0.6 is 0 Å². The van der Waals surface area contributed by atoms with E-state index in [9.17, 15) is 18.0 Å². The Kier molecular flexibility index (Phi) is 4.85. The van der Waals surface area contributed by atoms with E-state index in [2.05, 4.69) is 10.1 Å². The Hall–Kier alpha value is -2.12. The number of nitrogen functional groups attached to an aromatic ring is 1. The summed E-state index contributed by atoms with van der Waals surface area (Å²) in [4.78, 5) is 12.6. The number of hydrogen-bond donors (Lipinski definition) is 2. The molecule has 0 atom stereocenters. The van der Waals surface area contributed by atoms with Crippen molar-refractivity contribution in [3.8, 4) is 5.75 Å². The summed E-state index contributed by atoms with van der Waals surface area (Å²) in [5.41, 5.74) is 5.82. The first-order valence-electron chi connectivity index (χ1n) is 5.30. The Morgan fingerprint density at radius 3 is 2.68 bits per heavy atom. The Morgan fingerprint density at radius 1 is 1.53 bits per heavy atom. The van der Waals surface area contributed by atoms with Gasteiger partial charge in [-0.05, 0) is 0 Å². The Bertz CT molecular complexity index is 469. The molecule has 1 aromatic carbocycles. The minimum Gasteiger partial charge on any atom is -0.432 e. The van der Waals surface area contributed by atoms with Gasteiger partial charge < -0.3 is 20.7 Å². The second-order valence-electron chi connectivity index (χ2n) is 3.75. The molecule has 1 rings (SSSR count). The quantitative estimate of drug-likeness (QED) is 0.793. The van der Waals surface area contributed by atoms with Gasteiger partial charge in [-0.1, -0.05) is 0 Å². The van der Waals surface area contributed by atoms with E-state index in [1.54, 1.807) is 0 Å². The van der Waals surface area contributed by atoms with Crippen LogP contribution in [0.4, 0.5) is 24.5 Å². The fraction of sp³-hybridized carbons (Fsp3) is 0.364. The van der Waals surface area contributed by atoms with E-state index in [1.807, 2.05) is 0 Å². The van der Waals surface area contributed by atoms with Gasteiger partial charge in [-0.15, -0.1) is 0 Å². The molecule has 0 aliphatic carbocycles. The number of carbonyl (C=O) groups excluding carboxylic acids is 1. The number of anilines is 2. The maximum absolute atomic E-state index is 13.3. The molecule has 0 aromatic heterocycles. The van der Waals surface area contributed by atoms with Gasteiger partial charge in [0.2, 0.25) is 5.91 Å². The zero-order chi connectivity index (χ0) is 14.6. The van der Waals surface area contributed by atoms with Crippen molar-refractivity contribution >= 4 is 17.3 Å². The predicted octanol–water partition coefficient (Wildman–Crippen LogP) is 1.19. The molecule has 19 heavy (non-hydrogen) atoms. The average Bonchev–Trinajstić information content (AvgIpc) is 2.31. The third-order valence-corrected chi connectivity index (χ3v) is 2.37. The maximum Gasteiger partial charge on any atom is 0.387 e. The number of nitrogens with two attached hydrogens (primary N) is 1. The van der Waals surface area contributed by atoms with E-state index in [0.717, 1.165) is 12.1 Å². The maximum atomic E-state index is 13.3. The largest absolute Gasteiger partial charge is 0.432 e. The van der Waals surface area contributed by atoms with Crippen LogP contribution in [0.3, 0.4) is 0 Å². The highest BCUT2D eigenvalue weighted by Gasteiger charge is 2.16. The second-order valence-corrected chi connectivity index (χ2v) is 3.75. The molecule has 0 bridgehead atoms. The molecule has 0 saturated carbocycles. The Morgan fingerprint density at radius 2 is 2.16 bits per heavy atom. The molecule has 5 nitrogen and oxygen atoms in total. The zero-order valence-corrected chi connectivity index (χ0v) is 10.4. The summed E-state index contributed by atoms with van der Waals surface area (Å²) in [7, 11) is 2.97. The molecule has 0 unspecified atom stereocenters. The molecule has 0 aliphatic rings. The summed E-state index contributed by atoms with van der Waals surface area (Å²) in [5.74, 6) is -1.92. The number of carbonyl (C=O) groups is 1. The van der Waals surface area contributed by atoms with Crippen LogP contribution in [-0.2, 0) is 4.79 Å². The first kappa shape index (κ1) is 14.9. The van der Waals surface area contributed by atoms with Gasteiger partial charge in [-0.25, -0.2) is 4.39 Å². The number of likely N-dealkylation sites (N-methyl/N-ethyl adjacent to an activating group) is 2. The number of hydrogen-bond acceptors (Lipinski definition) is 4. The number of nitrogens with zero attached hydrogens (tertiary/aromatic N) is 1. The van der Waals surface area contributed by atoms with Crippen LogP contribution in [0.2, 0.25) is 0 Å². The van der Waals surface area contributed by atoms with Gasteiger partial charge in [-0.3, -0.25) is 4.79 Å². The SMILES string of the molecule is CNC(=O)CN(C)c1cc(OC(F)F)c(F)cc1N. The number of rotatable bonds is 5. The molecule has 0 aliphatic heterocycles. The number of amides is 1. The van der Waals surface area contributed by atoms with Crippen LogP contribution in [0, 0.1) is 5.82 Å². The molecule has 1 aromatic rings. The van der Waals surface area contributed by atoms with E-state index < -0.39 is 18.2 Å². The fourth-order valence-corrected chi connectivity index (χ4v) is 1.45. The Balaban J connectivity index is 3.02. The number of alkyl halides is 2. The van der Waals surface area contributed by atoms with E-state index in [-0.39, 0.29) is 23.8 Å². The van der Waals surface area contributed by atoms with Crippen LogP contribution in [0.15, 0.2) is 12.1 Å². The van der Waals surface area contributed by atoms with Gasteiger partial charge in [0.05, 0.1) is 17.9 Å². The van der Waals surface area contributed by atoms with Crippen LogP contribution in [0.5, 0.6) is 5.75 Å². The predicted molar refractivity (Wildman–Crippen MR) is 64.8 cm³/mol. The molecule has 0 radical (unpaired) electrons. The molecular formula is C11H14F3N3O2. The van der Waals surface area contributed by atoms with Gasteiger partial charge in [0, 0.05) is 26.2 Å². The molecule has 0 fully saturated rings. The van der Waals surface area contributed by atoms with Crippen molar-refractivity contribution in [3.63, 3.8) is 0 Å². The first-order valence-corrected chi connectivity index (χ1v) is 5.30. The van der Waals surface area contributed by atoms with E-state index >= 15 is 0 Å². The topological polar surface area (TPSA) is 67.6 Å². The lowest BCUT2D eigenvalue weighted by molar-refractivity contribution is -0.119. The fourth-order valence-electron chi connectivity index (χ4n) is 1.45. The second kappa shape index (κ2) is 6.17. The summed E-state index contributed by atoms with van der Waals surface area (Å²) in [6.07, 6.45) is 0. The van der Waals surface area contributed by atoms with E-state index in [4.69, 9.17) is 5.73 Å². The molecule has 0 heterocycles. The minimum absolute atomic E-state index is 0.0190. The van der Waals surface area contributed by atoms with E-state index in [0.29, 0.717) is 0 Å². The molecule has 106 valence electrons. The highest BCUT2D eigenvalue weighted by Crippen LogP contribution is 2.31. The van der Waals surface area contributed by atoms with Gasteiger partial charge in [-0.2, -0.15) is 8.78 Å². The zero-order valence-electron chi connectivity index (χ0n) is 10.4. The van der Waals surface area contributed by atoms with Crippen LogP contribution in [0.1, 0.15) is 0 Å². The van der Waals surface area contributed by atoms with Crippen LogP contribution < -0.4 is 20.7 Å². The molecule has 8 heteroatoms. The average molecular weight is 277 g/mol. The van der Waals surface area contributed by atoms with Crippen molar-refractivity contribution in [1.29, 1.82) is 0 Å². The molecule has 0 spiro atoms. The van der Waals surface area contributed by atoms with Crippen molar-refractivity contribution < 1.29 is 22.7 Å². The number of nitrogens with one attached hydrogen (secondary N) is 1. The lowest BCUT2D eigenvalue weighted by atomic mass is 10.2. The smallest absolute Gasteiger partial charge is 0.387 e. The van der Waals surface area contributed by atoms with Crippen LogP contribution in [-0.4, -0.2) is 33.2 Å². The van der Waals surface area contributed by atoms with Gasteiger partial charge in [0.1, 0.15) is 0 Å². The number of benzene rings is 1. The molecular weight excluding hydrogens is 263 g/mol. The number of halogens is 3. The molecule has 3 N–H and O–H groups in total. The lowest BCUT2D eigenvalue weighted by Crippen LogP contribution is -2.33. The van der Waals surface area contributed by atoms with Crippen molar-refractivity contribution in [2.24, 2.45) is 0 Å². The van der Waals surface area contributed by atoms with Crippen molar-refractivity contribution in [2.45, 2.75) is 6.61 Å². The summed E-state index contributed by atoms with van der Waals surface area (Å²) in [5, 5.41) is 2.40. The summed E-state index contributed by atoms with van der Waals surface area (Å²) < 4.78 is 41.6. The Labute approximate surface area is 108 Å². The van der Waals surface area contributed by atoms with E-state index in [1.165, 1.54) is 19.0 Å². The van der Waals surface area contributed by atoms with Crippen LogP contribution in [0.25, 0.3) is 0 Å². The summed E-state index contributed by atoms with van der Waals surface area (Å²) in [6, 6.07) is 1.90. The highest BCUT2D eigenvalue weighted by atomic mass is 19.3. The summed E-state index contributed by atoms with van der Waals surface area (Å²) in [6.45, 7) is -3.20. The van der Waals surface area contributed by atoms with Gasteiger partial charge in [0.15, 0.2) is 11.6 Å². The lowest BCUT2D eigenvalue weighted by Gasteiger charge is -2.21. The highest BCUT2D eigenvalue weighted by molar-refractivity contribution is 5.83. The third kappa shape index (κ3) is 3.94. The normalized spacial score (nSPS) is 10.4. The monoisotopic (exact) mass is 277 g/mol. The van der Waals surface area contributed by atoms with Gasteiger partial charge in [0.25, 0.3) is 0 Å². The van der Waals surface area contributed by atoms with Gasteiger partial charge >= 0.3 is 6.61 Å².